The van der Waals surface area contributed by atoms with Gasteiger partial charge in [-0.2, -0.15) is 0 Å². The summed E-state index contributed by atoms with van der Waals surface area (Å²) in [7, 11) is 3.42. The number of carbonyl (C=O) groups is 1. The van der Waals surface area contributed by atoms with Gasteiger partial charge in [0.2, 0.25) is 5.91 Å². The first-order chi connectivity index (χ1) is 14.6. The van der Waals surface area contributed by atoms with E-state index in [2.05, 4.69) is 48.1 Å². The molecule has 0 aliphatic carbocycles. The second kappa shape index (κ2) is 9.47. The van der Waals surface area contributed by atoms with E-state index in [4.69, 9.17) is 0 Å². The maximum absolute atomic E-state index is 12.7. The molecule has 0 fully saturated rings. The molecule has 0 saturated heterocycles. The highest BCUT2D eigenvalue weighted by Crippen LogP contribution is 2.34. The van der Waals surface area contributed by atoms with Crippen molar-refractivity contribution in [3.8, 4) is 0 Å². The smallest absolute Gasteiger partial charge is 0.273 e. The fourth-order valence-corrected chi connectivity index (χ4v) is 4.13. The van der Waals surface area contributed by atoms with Crippen LogP contribution < -0.4 is 5.56 Å². The van der Waals surface area contributed by atoms with Crippen LogP contribution in [0.5, 0.6) is 0 Å². The number of nitrogens with zero attached hydrogens (tertiary/aromatic N) is 3. The molecule has 0 aliphatic rings. The van der Waals surface area contributed by atoms with Crippen LogP contribution in [0, 0.1) is 0 Å². The minimum atomic E-state index is -0.517. The Labute approximate surface area is 187 Å². The molecule has 31 heavy (non-hydrogen) atoms. The van der Waals surface area contributed by atoms with Crippen LogP contribution in [0.3, 0.4) is 0 Å². The highest BCUT2D eigenvalue weighted by molar-refractivity contribution is 8.00. The van der Waals surface area contributed by atoms with E-state index < -0.39 is 5.25 Å². The fourth-order valence-electron chi connectivity index (χ4n) is 3.07. The highest BCUT2D eigenvalue weighted by Gasteiger charge is 2.25. The van der Waals surface area contributed by atoms with Gasteiger partial charge >= 0.3 is 0 Å². The minimum absolute atomic E-state index is 0.0773. The van der Waals surface area contributed by atoms with Gasteiger partial charge in [0.1, 0.15) is 10.9 Å². The number of hydrogen-bond acceptors (Lipinski definition) is 5. The quantitative estimate of drug-likeness (QED) is 0.592. The van der Waals surface area contributed by atoms with E-state index in [1.54, 1.807) is 14.1 Å². The number of benzene rings is 2. The Morgan fingerprint density at radius 2 is 1.68 bits per heavy atom. The molecule has 2 aromatic carbocycles. The lowest BCUT2D eigenvalue weighted by Gasteiger charge is -2.20. The van der Waals surface area contributed by atoms with Gasteiger partial charge in [0.25, 0.3) is 5.56 Å². The van der Waals surface area contributed by atoms with Crippen molar-refractivity contribution in [1.82, 2.24) is 20.1 Å². The summed E-state index contributed by atoms with van der Waals surface area (Å²) in [5, 5.41) is 8.15. The predicted octanol–water partition coefficient (Wildman–Crippen LogP) is 3.97. The third-order valence-electron chi connectivity index (χ3n) is 4.93. The van der Waals surface area contributed by atoms with Crippen LogP contribution in [-0.2, 0) is 16.6 Å². The van der Waals surface area contributed by atoms with Gasteiger partial charge in [0.05, 0.1) is 0 Å². The summed E-state index contributed by atoms with van der Waals surface area (Å²) in [6.45, 7) is 6.50. The molecule has 0 aliphatic heterocycles. The van der Waals surface area contributed by atoms with Gasteiger partial charge in [-0.1, -0.05) is 87.1 Å². The number of likely N-dealkylation sites (N-methyl/N-ethyl adjacent to an activating group) is 1. The molecule has 0 spiro atoms. The van der Waals surface area contributed by atoms with Crippen LogP contribution in [0.25, 0.3) is 0 Å². The third-order valence-corrected chi connectivity index (χ3v) is 6.05. The first-order valence-electron chi connectivity index (χ1n) is 10.1. The summed E-state index contributed by atoms with van der Waals surface area (Å²) in [5.41, 5.74) is 3.22. The van der Waals surface area contributed by atoms with Crippen molar-refractivity contribution in [3.05, 3.63) is 87.3 Å². The molecule has 3 aromatic rings. The summed E-state index contributed by atoms with van der Waals surface area (Å²) in [6.07, 6.45) is 0.399. The number of H-pyrrole nitrogens is 1. The molecular weight excluding hydrogens is 408 g/mol. The lowest BCUT2D eigenvalue weighted by atomic mass is 9.86. The molecule has 0 radical (unpaired) electrons. The highest BCUT2D eigenvalue weighted by atomic mass is 32.2. The second-order valence-corrected chi connectivity index (χ2v) is 9.76. The molecule has 3 rings (SSSR count). The molecule has 162 valence electrons. The van der Waals surface area contributed by atoms with Gasteiger partial charge in [-0.3, -0.25) is 14.6 Å². The van der Waals surface area contributed by atoms with Crippen molar-refractivity contribution < 1.29 is 4.79 Å². The number of carbonyl (C=O) groups excluding carboxylic acids is 1. The largest absolute Gasteiger partial charge is 0.348 e. The average Bonchev–Trinajstić information content (AvgIpc) is 2.73. The second-order valence-electron chi connectivity index (χ2n) is 8.67. The Morgan fingerprint density at radius 1 is 1.03 bits per heavy atom. The van der Waals surface area contributed by atoms with Gasteiger partial charge in [0.15, 0.2) is 5.16 Å². The summed E-state index contributed by atoms with van der Waals surface area (Å²) < 4.78 is 0. The molecule has 6 nitrogen and oxygen atoms in total. The average molecular weight is 437 g/mol. The Kier molecular flexibility index (Phi) is 6.95. The molecule has 0 saturated carbocycles. The lowest BCUT2D eigenvalue weighted by molar-refractivity contribution is -0.128. The Balaban J connectivity index is 1.79. The SMILES string of the molecule is CN(C)C(=O)[C@H](Sc1nnc(Cc2ccc(C(C)(C)C)cc2)c(=O)[nH]1)c1ccccc1. The van der Waals surface area contributed by atoms with Crippen LogP contribution in [0.2, 0.25) is 0 Å². The zero-order valence-corrected chi connectivity index (χ0v) is 19.4. The van der Waals surface area contributed by atoms with Crippen molar-refractivity contribution in [2.75, 3.05) is 14.1 Å². The van der Waals surface area contributed by atoms with Crippen LogP contribution in [0.1, 0.15) is 48.4 Å². The number of aromatic nitrogens is 3. The summed E-state index contributed by atoms with van der Waals surface area (Å²) in [6, 6.07) is 17.6. The topological polar surface area (TPSA) is 79.0 Å². The van der Waals surface area contributed by atoms with E-state index in [-0.39, 0.29) is 16.9 Å². The Hall–Kier alpha value is -2.93. The molecule has 1 heterocycles. The molecule has 1 atom stereocenters. The monoisotopic (exact) mass is 436 g/mol. The van der Waals surface area contributed by atoms with E-state index in [0.29, 0.717) is 17.3 Å². The van der Waals surface area contributed by atoms with Crippen LogP contribution in [-0.4, -0.2) is 40.1 Å². The maximum atomic E-state index is 12.7. The van der Waals surface area contributed by atoms with Gasteiger partial charge in [0, 0.05) is 20.5 Å². The molecular formula is C24H28N4O2S. The summed E-state index contributed by atoms with van der Waals surface area (Å²) in [5.74, 6) is -0.0816. The van der Waals surface area contributed by atoms with Crippen molar-refractivity contribution in [1.29, 1.82) is 0 Å². The maximum Gasteiger partial charge on any atom is 0.273 e. The van der Waals surface area contributed by atoms with Crippen LogP contribution >= 0.6 is 11.8 Å². The van der Waals surface area contributed by atoms with Crippen molar-refractivity contribution >= 4 is 17.7 Å². The lowest BCUT2D eigenvalue weighted by Crippen LogP contribution is -2.27. The molecule has 1 amide bonds. The van der Waals surface area contributed by atoms with E-state index >= 15 is 0 Å². The van der Waals surface area contributed by atoms with Gasteiger partial charge in [-0.25, -0.2) is 0 Å². The van der Waals surface area contributed by atoms with Crippen LogP contribution in [0.4, 0.5) is 0 Å². The first-order valence-corrected chi connectivity index (χ1v) is 11.0. The number of amides is 1. The van der Waals surface area contributed by atoms with Crippen molar-refractivity contribution in [2.24, 2.45) is 0 Å². The number of nitrogens with one attached hydrogen (secondary N) is 1. The van der Waals surface area contributed by atoms with Crippen molar-refractivity contribution in [2.45, 2.75) is 43.0 Å². The molecule has 1 aromatic heterocycles. The van der Waals surface area contributed by atoms with Gasteiger partial charge in [-0.15, -0.1) is 10.2 Å². The number of thioether (sulfide) groups is 1. The zero-order chi connectivity index (χ0) is 22.6. The van der Waals surface area contributed by atoms with E-state index in [0.717, 1.165) is 11.1 Å². The number of aromatic amines is 1. The fraction of sp³-hybridized carbons (Fsp3) is 0.333. The standard InChI is InChI=1S/C24H28N4O2S/c1-24(2,3)18-13-11-16(12-14-18)15-19-21(29)25-23(27-26-19)31-20(22(30)28(4)5)17-9-7-6-8-10-17/h6-14,20H,15H2,1-5H3,(H,25,27,29)/t20-/m1/s1. The molecule has 0 bridgehead atoms. The normalized spacial score (nSPS) is 12.4. The van der Waals surface area contributed by atoms with E-state index in [9.17, 15) is 9.59 Å². The van der Waals surface area contributed by atoms with Crippen molar-refractivity contribution in [3.63, 3.8) is 0 Å². The summed E-state index contributed by atoms with van der Waals surface area (Å²) >= 11 is 1.19. The third kappa shape index (κ3) is 5.82. The van der Waals surface area contributed by atoms with Gasteiger partial charge in [-0.05, 0) is 22.1 Å². The minimum Gasteiger partial charge on any atom is -0.348 e. The van der Waals surface area contributed by atoms with E-state index in [1.807, 2.05) is 42.5 Å². The zero-order valence-electron chi connectivity index (χ0n) is 18.5. The predicted molar refractivity (Wildman–Crippen MR) is 124 cm³/mol. The Morgan fingerprint density at radius 3 is 2.23 bits per heavy atom. The number of rotatable bonds is 6. The summed E-state index contributed by atoms with van der Waals surface area (Å²) in [4.78, 5) is 29.7. The Bertz CT molecular complexity index is 1090. The van der Waals surface area contributed by atoms with E-state index in [1.165, 1.54) is 22.2 Å². The molecule has 7 heteroatoms. The first kappa shape index (κ1) is 22.7. The molecule has 1 N–H and O–H groups in total. The number of hydrogen-bond donors (Lipinski definition) is 1. The van der Waals surface area contributed by atoms with Gasteiger partial charge < -0.3 is 4.90 Å². The van der Waals surface area contributed by atoms with Crippen LogP contribution in [0.15, 0.2) is 64.5 Å². The molecule has 0 unspecified atom stereocenters.